The Hall–Kier alpha value is 0.0200. The third kappa shape index (κ3) is 3.57. The zero-order valence-corrected chi connectivity index (χ0v) is 7.66. The van der Waals surface area contributed by atoms with Crippen LogP contribution in [0.2, 0.25) is 0 Å². The van der Waals surface area contributed by atoms with Crippen molar-refractivity contribution in [2.45, 2.75) is 33.1 Å². The predicted octanol–water partition coefficient (Wildman–Crippen LogP) is 2.76. The largest absolute Gasteiger partial charge is 0.401 e. The summed E-state index contributed by atoms with van der Waals surface area (Å²) in [5, 5.41) is 0. The van der Waals surface area contributed by atoms with Crippen molar-refractivity contribution in [2.75, 3.05) is 0 Å². The van der Waals surface area contributed by atoms with Gasteiger partial charge < -0.3 is 5.73 Å². The SMILES string of the molecule is CCCC(Br)=C(N)CC. The second-order valence-electron chi connectivity index (χ2n) is 2.03. The summed E-state index contributed by atoms with van der Waals surface area (Å²) in [6, 6.07) is 0. The van der Waals surface area contributed by atoms with E-state index in [0.29, 0.717) is 0 Å². The molecule has 0 heterocycles. The summed E-state index contributed by atoms with van der Waals surface area (Å²) in [6.45, 7) is 4.20. The van der Waals surface area contributed by atoms with Gasteiger partial charge in [-0.25, -0.2) is 0 Å². The molecule has 0 spiro atoms. The van der Waals surface area contributed by atoms with Gasteiger partial charge in [-0.15, -0.1) is 0 Å². The molecule has 0 aromatic carbocycles. The first kappa shape index (κ1) is 9.02. The monoisotopic (exact) mass is 191 g/mol. The molecule has 0 atom stereocenters. The van der Waals surface area contributed by atoms with Gasteiger partial charge in [0.15, 0.2) is 0 Å². The van der Waals surface area contributed by atoms with Crippen molar-refractivity contribution in [1.82, 2.24) is 0 Å². The van der Waals surface area contributed by atoms with Crippen molar-refractivity contribution in [3.63, 3.8) is 0 Å². The molecule has 0 amide bonds. The van der Waals surface area contributed by atoms with E-state index >= 15 is 0 Å². The van der Waals surface area contributed by atoms with Gasteiger partial charge in [0.25, 0.3) is 0 Å². The normalized spacial score (nSPS) is 13.2. The molecule has 0 fully saturated rings. The molecule has 0 saturated carbocycles. The summed E-state index contributed by atoms with van der Waals surface area (Å²) in [5.74, 6) is 0. The highest BCUT2D eigenvalue weighted by molar-refractivity contribution is 9.11. The molecule has 1 nitrogen and oxygen atoms in total. The number of halogens is 1. The molecular formula is C7H14BrN. The van der Waals surface area contributed by atoms with Crippen molar-refractivity contribution < 1.29 is 0 Å². The van der Waals surface area contributed by atoms with E-state index in [4.69, 9.17) is 5.73 Å². The number of allylic oxidation sites excluding steroid dienone is 2. The Labute approximate surface area is 65.4 Å². The molecule has 0 aliphatic rings. The lowest BCUT2D eigenvalue weighted by atomic mass is 10.2. The maximum atomic E-state index is 5.64. The van der Waals surface area contributed by atoms with Gasteiger partial charge in [0.2, 0.25) is 0 Å². The van der Waals surface area contributed by atoms with Gasteiger partial charge >= 0.3 is 0 Å². The van der Waals surface area contributed by atoms with Crippen LogP contribution in [0.15, 0.2) is 10.2 Å². The third-order valence-electron chi connectivity index (χ3n) is 1.20. The Kier molecular flexibility index (Phi) is 4.87. The highest BCUT2D eigenvalue weighted by Gasteiger charge is 1.94. The standard InChI is InChI=1S/C7H14BrN/c1-3-5-6(8)7(9)4-2/h3-5,9H2,1-2H3. The van der Waals surface area contributed by atoms with E-state index in [-0.39, 0.29) is 0 Å². The Morgan fingerprint density at radius 1 is 1.44 bits per heavy atom. The number of nitrogens with two attached hydrogens (primary N) is 1. The lowest BCUT2D eigenvalue weighted by Crippen LogP contribution is -1.97. The molecule has 0 unspecified atom stereocenters. The van der Waals surface area contributed by atoms with E-state index in [1.165, 1.54) is 4.48 Å². The van der Waals surface area contributed by atoms with Gasteiger partial charge in [0.1, 0.15) is 0 Å². The third-order valence-corrected chi connectivity index (χ3v) is 2.10. The first-order valence-electron chi connectivity index (χ1n) is 3.35. The maximum absolute atomic E-state index is 5.64. The minimum atomic E-state index is 0.945. The average Bonchev–Trinajstić information content (AvgIpc) is 1.87. The van der Waals surface area contributed by atoms with Crippen LogP contribution in [-0.2, 0) is 0 Å². The van der Waals surface area contributed by atoms with Gasteiger partial charge in [-0.3, -0.25) is 0 Å². The fraction of sp³-hybridized carbons (Fsp3) is 0.714. The Morgan fingerprint density at radius 2 is 2.00 bits per heavy atom. The first-order valence-corrected chi connectivity index (χ1v) is 4.14. The molecule has 54 valence electrons. The van der Waals surface area contributed by atoms with Crippen molar-refractivity contribution >= 4 is 15.9 Å². The molecule has 0 aromatic rings. The van der Waals surface area contributed by atoms with Crippen molar-refractivity contribution in [2.24, 2.45) is 5.73 Å². The smallest absolute Gasteiger partial charge is 0.0180 e. The lowest BCUT2D eigenvalue weighted by Gasteiger charge is -1.99. The van der Waals surface area contributed by atoms with Crippen LogP contribution in [0.4, 0.5) is 0 Å². The molecule has 2 heteroatoms. The number of rotatable bonds is 3. The minimum Gasteiger partial charge on any atom is -0.401 e. The summed E-state index contributed by atoms with van der Waals surface area (Å²) in [6.07, 6.45) is 3.17. The minimum absolute atomic E-state index is 0.945. The van der Waals surface area contributed by atoms with Crippen LogP contribution < -0.4 is 5.73 Å². The van der Waals surface area contributed by atoms with Gasteiger partial charge in [0, 0.05) is 10.2 Å². The molecule has 0 aliphatic carbocycles. The number of hydrogen-bond donors (Lipinski definition) is 1. The van der Waals surface area contributed by atoms with E-state index < -0.39 is 0 Å². The zero-order valence-electron chi connectivity index (χ0n) is 6.08. The summed E-state index contributed by atoms with van der Waals surface area (Å²) < 4.78 is 1.17. The fourth-order valence-electron chi connectivity index (χ4n) is 0.572. The van der Waals surface area contributed by atoms with Crippen LogP contribution in [0.5, 0.6) is 0 Å². The van der Waals surface area contributed by atoms with Gasteiger partial charge in [-0.05, 0) is 12.8 Å². The molecular weight excluding hydrogens is 178 g/mol. The van der Waals surface area contributed by atoms with E-state index in [1.54, 1.807) is 0 Å². The Morgan fingerprint density at radius 3 is 2.33 bits per heavy atom. The second kappa shape index (κ2) is 4.86. The van der Waals surface area contributed by atoms with Gasteiger partial charge in [0.05, 0.1) is 0 Å². The van der Waals surface area contributed by atoms with Gasteiger partial charge in [-0.1, -0.05) is 36.2 Å². The van der Waals surface area contributed by atoms with Crippen LogP contribution in [0.1, 0.15) is 33.1 Å². The molecule has 0 aromatic heterocycles. The van der Waals surface area contributed by atoms with Crippen molar-refractivity contribution in [3.05, 3.63) is 10.2 Å². The Balaban J connectivity index is 3.78. The van der Waals surface area contributed by atoms with E-state index in [1.807, 2.05) is 0 Å². The fourth-order valence-corrected chi connectivity index (χ4v) is 1.25. The highest BCUT2D eigenvalue weighted by Crippen LogP contribution is 2.16. The van der Waals surface area contributed by atoms with Gasteiger partial charge in [-0.2, -0.15) is 0 Å². The zero-order chi connectivity index (χ0) is 7.28. The van der Waals surface area contributed by atoms with E-state index in [9.17, 15) is 0 Å². The van der Waals surface area contributed by atoms with E-state index in [2.05, 4.69) is 29.8 Å². The first-order chi connectivity index (χ1) is 4.22. The van der Waals surface area contributed by atoms with Crippen LogP contribution in [-0.4, -0.2) is 0 Å². The summed E-state index contributed by atoms with van der Waals surface area (Å²) in [4.78, 5) is 0. The molecule has 2 N–H and O–H groups in total. The maximum Gasteiger partial charge on any atom is 0.0180 e. The molecule has 9 heavy (non-hydrogen) atoms. The summed E-state index contributed by atoms with van der Waals surface area (Å²) in [5.41, 5.74) is 6.62. The second-order valence-corrected chi connectivity index (χ2v) is 2.99. The highest BCUT2D eigenvalue weighted by atomic mass is 79.9. The number of hydrogen-bond acceptors (Lipinski definition) is 1. The summed E-state index contributed by atoms with van der Waals surface area (Å²) >= 11 is 3.42. The topological polar surface area (TPSA) is 26.0 Å². The van der Waals surface area contributed by atoms with Crippen molar-refractivity contribution in [3.8, 4) is 0 Å². The summed E-state index contributed by atoms with van der Waals surface area (Å²) in [7, 11) is 0. The molecule has 0 bridgehead atoms. The lowest BCUT2D eigenvalue weighted by molar-refractivity contribution is 0.918. The molecule has 0 saturated heterocycles. The van der Waals surface area contributed by atoms with Crippen LogP contribution >= 0.6 is 15.9 Å². The molecule has 0 aliphatic heterocycles. The molecule has 0 radical (unpaired) electrons. The van der Waals surface area contributed by atoms with Crippen molar-refractivity contribution in [1.29, 1.82) is 0 Å². The predicted molar refractivity (Wildman–Crippen MR) is 45.3 cm³/mol. The van der Waals surface area contributed by atoms with Crippen LogP contribution in [0.3, 0.4) is 0 Å². The Bertz CT molecular complexity index is 107. The van der Waals surface area contributed by atoms with Crippen LogP contribution in [0.25, 0.3) is 0 Å². The quantitative estimate of drug-likeness (QED) is 0.730. The average molecular weight is 192 g/mol. The van der Waals surface area contributed by atoms with Crippen LogP contribution in [0, 0.1) is 0 Å². The molecule has 0 rings (SSSR count). The van der Waals surface area contributed by atoms with E-state index in [0.717, 1.165) is 25.0 Å².